The number of hydrogen-bond acceptors (Lipinski definition) is 4. The first kappa shape index (κ1) is 34.0. The maximum Gasteiger partial charge on any atom is 0.228 e. The van der Waals surface area contributed by atoms with Gasteiger partial charge >= 0.3 is 0 Å². The number of carbonyl (C=O) groups is 2. The molecule has 0 rings (SSSR count). The van der Waals surface area contributed by atoms with Crippen LogP contribution in [-0.4, -0.2) is 40.7 Å². The zero-order valence-electron chi connectivity index (χ0n) is 21.9. The Balaban J connectivity index is -0.00000235. The van der Waals surface area contributed by atoms with E-state index >= 15 is 0 Å². The smallest absolute Gasteiger partial charge is 0.228 e. The lowest BCUT2D eigenvalue weighted by Crippen LogP contribution is -2.46. The number of carbonyl (C=O) groups excluding carboxylic acids is 2. The first-order valence-electron chi connectivity index (χ1n) is 10.7. The summed E-state index contributed by atoms with van der Waals surface area (Å²) in [5, 5.41) is 12.0. The Morgan fingerprint density at radius 2 is 1.20 bits per heavy atom. The SMILES string of the molecule is CC(C)C(=O)C(C)(C)CC(C)(C)C(=O)N(C)CC(C)(C)CC(C)(C)C(C)C.OO.S. The minimum atomic E-state index is -0.563. The highest BCUT2D eigenvalue weighted by Crippen LogP contribution is 2.41. The molecule has 2 N–H and O–H groups in total. The zero-order valence-corrected chi connectivity index (χ0v) is 22.9. The van der Waals surface area contributed by atoms with Crippen molar-refractivity contribution in [1.29, 1.82) is 0 Å². The predicted molar refractivity (Wildman–Crippen MR) is 132 cm³/mol. The van der Waals surface area contributed by atoms with Gasteiger partial charge in [0.25, 0.3) is 0 Å². The second-order valence-corrected chi connectivity index (χ2v) is 12.1. The Morgan fingerprint density at radius 1 is 0.800 bits per heavy atom. The molecule has 5 nitrogen and oxygen atoms in total. The highest BCUT2D eigenvalue weighted by atomic mass is 32.1. The third kappa shape index (κ3) is 10.6. The average Bonchev–Trinajstić information content (AvgIpc) is 2.52. The summed E-state index contributed by atoms with van der Waals surface area (Å²) in [5.41, 5.74) is -0.790. The van der Waals surface area contributed by atoms with Crippen molar-refractivity contribution in [3.63, 3.8) is 0 Å². The fourth-order valence-corrected chi connectivity index (χ4v) is 4.77. The van der Waals surface area contributed by atoms with Gasteiger partial charge in [-0.2, -0.15) is 13.5 Å². The van der Waals surface area contributed by atoms with E-state index in [1.807, 2.05) is 53.5 Å². The number of hydrogen-bond donors (Lipinski definition) is 2. The van der Waals surface area contributed by atoms with E-state index in [2.05, 4.69) is 41.5 Å². The van der Waals surface area contributed by atoms with Gasteiger partial charge in [0.1, 0.15) is 5.78 Å². The van der Waals surface area contributed by atoms with Crippen LogP contribution in [0.3, 0.4) is 0 Å². The number of ketones is 1. The Bertz CT molecular complexity index is 537. The Morgan fingerprint density at radius 3 is 1.53 bits per heavy atom. The van der Waals surface area contributed by atoms with E-state index in [0.717, 1.165) is 13.0 Å². The van der Waals surface area contributed by atoms with Crippen molar-refractivity contribution < 1.29 is 20.1 Å². The molecule has 1 amide bonds. The van der Waals surface area contributed by atoms with Gasteiger partial charge in [0.2, 0.25) is 5.91 Å². The van der Waals surface area contributed by atoms with Gasteiger partial charge in [-0.05, 0) is 29.6 Å². The van der Waals surface area contributed by atoms with E-state index in [9.17, 15) is 9.59 Å². The zero-order chi connectivity index (χ0) is 24.0. The highest BCUT2D eigenvalue weighted by molar-refractivity contribution is 7.59. The molecule has 0 fully saturated rings. The monoisotopic (exact) mass is 449 g/mol. The van der Waals surface area contributed by atoms with Crippen molar-refractivity contribution in [2.24, 2.45) is 33.5 Å². The lowest BCUT2D eigenvalue weighted by molar-refractivity contribution is -0.176. The Labute approximate surface area is 193 Å². The van der Waals surface area contributed by atoms with E-state index in [1.165, 1.54) is 0 Å². The van der Waals surface area contributed by atoms with Crippen LogP contribution in [0.25, 0.3) is 0 Å². The van der Waals surface area contributed by atoms with Gasteiger partial charge in [-0.1, -0.05) is 83.1 Å². The maximum absolute atomic E-state index is 13.2. The first-order valence-corrected chi connectivity index (χ1v) is 10.7. The van der Waals surface area contributed by atoms with Crippen LogP contribution in [0, 0.1) is 33.5 Å². The third-order valence-electron chi connectivity index (χ3n) is 6.16. The van der Waals surface area contributed by atoms with Gasteiger partial charge in [0.15, 0.2) is 0 Å². The van der Waals surface area contributed by atoms with Crippen molar-refractivity contribution in [3.05, 3.63) is 0 Å². The molecule has 0 saturated heterocycles. The molecule has 0 aliphatic rings. The topological polar surface area (TPSA) is 77.8 Å². The molecule has 0 atom stereocenters. The third-order valence-corrected chi connectivity index (χ3v) is 6.16. The molecule has 182 valence electrons. The predicted octanol–water partition coefficient (Wildman–Crippen LogP) is 6.34. The number of Topliss-reactive ketones (excluding diaryl/α,β-unsaturated/α-hetero) is 1. The molecule has 0 saturated carbocycles. The van der Waals surface area contributed by atoms with E-state index < -0.39 is 10.8 Å². The molecule has 0 spiro atoms. The van der Waals surface area contributed by atoms with Crippen molar-refractivity contribution in [3.8, 4) is 0 Å². The van der Waals surface area contributed by atoms with Gasteiger partial charge in [0, 0.05) is 30.3 Å². The molecule has 30 heavy (non-hydrogen) atoms. The lowest BCUT2D eigenvalue weighted by Gasteiger charge is -2.42. The molecule has 0 bridgehead atoms. The summed E-state index contributed by atoms with van der Waals surface area (Å²) in [7, 11) is 1.91. The quantitative estimate of drug-likeness (QED) is 0.301. The van der Waals surface area contributed by atoms with E-state index in [-0.39, 0.29) is 41.9 Å². The van der Waals surface area contributed by atoms with Crippen molar-refractivity contribution in [2.75, 3.05) is 13.6 Å². The van der Waals surface area contributed by atoms with Gasteiger partial charge < -0.3 is 4.90 Å². The molecular formula is C24H51NO4S. The van der Waals surface area contributed by atoms with Crippen LogP contribution in [0.1, 0.15) is 95.9 Å². The summed E-state index contributed by atoms with van der Waals surface area (Å²) in [6.45, 7) is 26.1. The minimum Gasteiger partial charge on any atom is -0.345 e. The largest absolute Gasteiger partial charge is 0.345 e. The summed E-state index contributed by atoms with van der Waals surface area (Å²) in [5.74, 6) is 0.936. The Kier molecular flexibility index (Phi) is 14.1. The summed E-state index contributed by atoms with van der Waals surface area (Å²) in [6.07, 6.45) is 1.63. The van der Waals surface area contributed by atoms with Crippen LogP contribution in [0.2, 0.25) is 0 Å². The molecule has 0 heterocycles. The molecule has 6 heteroatoms. The summed E-state index contributed by atoms with van der Waals surface area (Å²) < 4.78 is 0. The van der Waals surface area contributed by atoms with Crippen molar-refractivity contribution in [2.45, 2.75) is 95.9 Å². The van der Waals surface area contributed by atoms with E-state index in [0.29, 0.717) is 12.3 Å². The van der Waals surface area contributed by atoms with Gasteiger partial charge in [-0.25, -0.2) is 0 Å². The molecule has 0 aliphatic heterocycles. The number of rotatable bonds is 10. The average molecular weight is 450 g/mol. The van der Waals surface area contributed by atoms with Crippen LogP contribution < -0.4 is 0 Å². The normalized spacial score (nSPS) is 12.8. The summed E-state index contributed by atoms with van der Waals surface area (Å²) >= 11 is 0. The van der Waals surface area contributed by atoms with Gasteiger partial charge in [-0.3, -0.25) is 20.1 Å². The van der Waals surface area contributed by atoms with Crippen LogP contribution in [0.15, 0.2) is 0 Å². The van der Waals surface area contributed by atoms with Crippen LogP contribution in [-0.2, 0) is 9.59 Å². The highest BCUT2D eigenvalue weighted by Gasteiger charge is 2.41. The van der Waals surface area contributed by atoms with Crippen molar-refractivity contribution >= 4 is 25.2 Å². The number of nitrogens with zero attached hydrogens (tertiary/aromatic N) is 1. The van der Waals surface area contributed by atoms with E-state index in [4.69, 9.17) is 10.5 Å². The molecule has 0 radical (unpaired) electrons. The molecule has 0 aromatic heterocycles. The maximum atomic E-state index is 13.2. The molecule has 0 unspecified atom stereocenters. The lowest BCUT2D eigenvalue weighted by atomic mass is 9.68. The molecular weight excluding hydrogens is 398 g/mol. The minimum absolute atomic E-state index is 0. The summed E-state index contributed by atoms with van der Waals surface area (Å²) in [6, 6.07) is 0. The molecule has 0 aromatic carbocycles. The fraction of sp³-hybridized carbons (Fsp3) is 0.917. The van der Waals surface area contributed by atoms with Crippen LogP contribution in [0.5, 0.6) is 0 Å². The standard InChI is InChI=1S/C24H47NO2.H2O2.H2S/c1-17(2)19(26)23(9,10)15-24(11,12)20(27)25(13)16-21(5,6)14-22(7,8)18(3)4;1-2;/h17-18H,14-16H2,1-13H3;1-2H;1H2. The Hall–Kier alpha value is -0.590. The fourth-order valence-electron chi connectivity index (χ4n) is 4.77. The number of amides is 1. The van der Waals surface area contributed by atoms with E-state index in [1.54, 1.807) is 0 Å². The second kappa shape index (κ2) is 12.4. The molecule has 0 aliphatic carbocycles. The first-order chi connectivity index (χ1) is 12.8. The second-order valence-electron chi connectivity index (χ2n) is 12.1. The van der Waals surface area contributed by atoms with Gasteiger partial charge in [0.05, 0.1) is 0 Å². The summed E-state index contributed by atoms with van der Waals surface area (Å²) in [4.78, 5) is 27.7. The van der Waals surface area contributed by atoms with Crippen LogP contribution in [0.4, 0.5) is 0 Å². The molecule has 0 aromatic rings. The van der Waals surface area contributed by atoms with Gasteiger partial charge in [-0.15, -0.1) is 0 Å². The van der Waals surface area contributed by atoms with Crippen LogP contribution >= 0.6 is 13.5 Å². The van der Waals surface area contributed by atoms with Crippen molar-refractivity contribution in [1.82, 2.24) is 4.90 Å².